The van der Waals surface area contributed by atoms with E-state index in [0.29, 0.717) is 26.1 Å². The number of carbonyl (C=O) groups is 2. The van der Waals surface area contributed by atoms with Crippen LogP contribution in [0, 0.1) is 5.92 Å². The van der Waals surface area contributed by atoms with E-state index in [4.69, 9.17) is 9.47 Å². The van der Waals surface area contributed by atoms with E-state index in [2.05, 4.69) is 10.3 Å². The molecule has 1 unspecified atom stereocenters. The molecule has 0 bridgehead atoms. The summed E-state index contributed by atoms with van der Waals surface area (Å²) < 4.78 is 10.6. The van der Waals surface area contributed by atoms with E-state index in [0.717, 1.165) is 18.4 Å². The predicted molar refractivity (Wildman–Crippen MR) is 86.2 cm³/mol. The smallest absolute Gasteiger partial charge is 0.317 e. The van der Waals surface area contributed by atoms with Gasteiger partial charge in [0.25, 0.3) is 0 Å². The molecule has 0 aliphatic carbocycles. The van der Waals surface area contributed by atoms with Crippen molar-refractivity contribution in [1.82, 2.24) is 15.2 Å². The maximum absolute atomic E-state index is 12.4. The first kappa shape index (κ1) is 16.7. The number of nitrogens with one attached hydrogen (secondary N) is 1. The van der Waals surface area contributed by atoms with Gasteiger partial charge in [-0.2, -0.15) is 0 Å². The van der Waals surface area contributed by atoms with Gasteiger partial charge in [-0.25, -0.2) is 4.79 Å². The van der Waals surface area contributed by atoms with Crippen LogP contribution < -0.4 is 5.32 Å². The van der Waals surface area contributed by atoms with Gasteiger partial charge in [0, 0.05) is 38.1 Å². The molecule has 1 N–H and O–H groups in total. The first-order chi connectivity index (χ1) is 11.7. The lowest BCUT2D eigenvalue weighted by molar-refractivity contribution is -0.144. The summed E-state index contributed by atoms with van der Waals surface area (Å²) in [6, 6.07) is 3.84. The van der Waals surface area contributed by atoms with Crippen molar-refractivity contribution in [3.05, 3.63) is 30.1 Å². The number of rotatable bonds is 3. The molecule has 3 heterocycles. The average Bonchev–Trinajstić information content (AvgIpc) is 3.12. The fraction of sp³-hybridized carbons (Fsp3) is 0.588. The molecule has 1 aromatic rings. The fourth-order valence-electron chi connectivity index (χ4n) is 3.31. The highest BCUT2D eigenvalue weighted by molar-refractivity contribution is 5.78. The number of ether oxygens (including phenoxy) is 2. The van der Waals surface area contributed by atoms with Crippen LogP contribution in [-0.4, -0.2) is 54.7 Å². The summed E-state index contributed by atoms with van der Waals surface area (Å²) in [7, 11) is 1.38. The number of pyridine rings is 1. The number of urea groups is 1. The monoisotopic (exact) mass is 333 g/mol. The maximum Gasteiger partial charge on any atom is 0.317 e. The lowest BCUT2D eigenvalue weighted by atomic mass is 9.98. The Morgan fingerprint density at radius 1 is 1.33 bits per heavy atom. The second kappa shape index (κ2) is 7.61. The molecule has 7 heteroatoms. The van der Waals surface area contributed by atoms with Crippen molar-refractivity contribution >= 4 is 12.0 Å². The Balaban J connectivity index is 1.52. The lowest BCUT2D eigenvalue weighted by Gasteiger charge is -2.31. The third-order valence-electron chi connectivity index (χ3n) is 4.70. The molecule has 7 nitrogen and oxygen atoms in total. The maximum atomic E-state index is 12.4. The molecule has 3 rings (SSSR count). The molecule has 0 aromatic carbocycles. The molecule has 2 saturated heterocycles. The normalized spacial score (nSPS) is 26.9. The highest BCUT2D eigenvalue weighted by Crippen LogP contribution is 2.28. The quantitative estimate of drug-likeness (QED) is 0.848. The van der Waals surface area contributed by atoms with Gasteiger partial charge in [0.05, 0.1) is 19.1 Å². The minimum Gasteiger partial charge on any atom is -0.469 e. The number of amides is 2. The molecule has 0 spiro atoms. The van der Waals surface area contributed by atoms with Crippen LogP contribution in [0.1, 0.15) is 30.9 Å². The number of esters is 1. The van der Waals surface area contributed by atoms with Crippen molar-refractivity contribution in [3.63, 3.8) is 0 Å². The summed E-state index contributed by atoms with van der Waals surface area (Å²) in [4.78, 5) is 29.7. The first-order valence-corrected chi connectivity index (χ1v) is 8.32. The predicted octanol–water partition coefficient (Wildman–Crippen LogP) is 1.51. The van der Waals surface area contributed by atoms with Crippen LogP contribution in [0.2, 0.25) is 0 Å². The molecule has 0 radical (unpaired) electrons. The molecule has 24 heavy (non-hydrogen) atoms. The second-order valence-electron chi connectivity index (χ2n) is 6.27. The van der Waals surface area contributed by atoms with E-state index in [9.17, 15) is 9.59 Å². The molecule has 3 atom stereocenters. The average molecular weight is 333 g/mol. The third-order valence-corrected chi connectivity index (χ3v) is 4.70. The Kier molecular flexibility index (Phi) is 5.30. The van der Waals surface area contributed by atoms with E-state index in [1.165, 1.54) is 7.11 Å². The fourth-order valence-corrected chi connectivity index (χ4v) is 3.31. The van der Waals surface area contributed by atoms with Crippen LogP contribution in [-0.2, 0) is 14.3 Å². The SMILES string of the molecule is COC(=O)C1CCN(C(=O)N[C@@H]2CCO[C@H](c3ccncc3)C2)C1. The van der Waals surface area contributed by atoms with Crippen LogP contribution >= 0.6 is 0 Å². The van der Waals surface area contributed by atoms with Gasteiger partial charge in [0.2, 0.25) is 0 Å². The number of nitrogens with zero attached hydrogens (tertiary/aromatic N) is 2. The van der Waals surface area contributed by atoms with Crippen LogP contribution in [0.4, 0.5) is 4.79 Å². The minimum absolute atomic E-state index is 0.0200. The number of carbonyl (C=O) groups excluding carboxylic acids is 2. The molecular formula is C17H23N3O4. The van der Waals surface area contributed by atoms with Gasteiger partial charge in [0.1, 0.15) is 0 Å². The number of likely N-dealkylation sites (tertiary alicyclic amines) is 1. The van der Waals surface area contributed by atoms with Crippen LogP contribution in [0.3, 0.4) is 0 Å². The Bertz CT molecular complexity index is 580. The number of methoxy groups -OCH3 is 1. The van der Waals surface area contributed by atoms with E-state index >= 15 is 0 Å². The number of hydrogen-bond donors (Lipinski definition) is 1. The van der Waals surface area contributed by atoms with Crippen molar-refractivity contribution in [2.75, 3.05) is 26.8 Å². The van der Waals surface area contributed by atoms with Gasteiger partial charge in [-0.15, -0.1) is 0 Å². The van der Waals surface area contributed by atoms with Gasteiger partial charge in [-0.1, -0.05) is 0 Å². The Labute approximate surface area is 141 Å². The molecule has 2 aliphatic heterocycles. The molecule has 0 saturated carbocycles. The molecule has 1 aromatic heterocycles. The minimum atomic E-state index is -0.242. The van der Waals surface area contributed by atoms with Gasteiger partial charge < -0.3 is 19.7 Å². The largest absolute Gasteiger partial charge is 0.469 e. The third kappa shape index (κ3) is 3.84. The first-order valence-electron chi connectivity index (χ1n) is 8.32. The molecule has 2 fully saturated rings. The lowest BCUT2D eigenvalue weighted by Crippen LogP contribution is -2.46. The van der Waals surface area contributed by atoms with Gasteiger partial charge in [-0.3, -0.25) is 9.78 Å². The van der Waals surface area contributed by atoms with E-state index in [-0.39, 0.29) is 30.1 Å². The Morgan fingerprint density at radius 3 is 2.88 bits per heavy atom. The van der Waals surface area contributed by atoms with Crippen molar-refractivity contribution in [2.24, 2.45) is 5.92 Å². The highest BCUT2D eigenvalue weighted by Gasteiger charge is 2.33. The molecule has 2 aliphatic rings. The second-order valence-corrected chi connectivity index (χ2v) is 6.27. The number of hydrogen-bond acceptors (Lipinski definition) is 5. The zero-order chi connectivity index (χ0) is 16.9. The van der Waals surface area contributed by atoms with Crippen LogP contribution in [0.5, 0.6) is 0 Å². The summed E-state index contributed by atoms with van der Waals surface area (Å²) in [5, 5.41) is 3.08. The van der Waals surface area contributed by atoms with Crippen LogP contribution in [0.25, 0.3) is 0 Å². The van der Waals surface area contributed by atoms with Gasteiger partial charge >= 0.3 is 12.0 Å². The highest BCUT2D eigenvalue weighted by atomic mass is 16.5. The van der Waals surface area contributed by atoms with Crippen molar-refractivity contribution in [1.29, 1.82) is 0 Å². The van der Waals surface area contributed by atoms with E-state index in [1.54, 1.807) is 17.3 Å². The Hall–Kier alpha value is -2.15. The van der Waals surface area contributed by atoms with Gasteiger partial charge in [-0.05, 0) is 37.0 Å². The summed E-state index contributed by atoms with van der Waals surface area (Å²) in [5.41, 5.74) is 1.08. The summed E-state index contributed by atoms with van der Waals surface area (Å²) in [5.74, 6) is -0.450. The zero-order valence-electron chi connectivity index (χ0n) is 13.8. The molecule has 130 valence electrons. The summed E-state index contributed by atoms with van der Waals surface area (Å²) >= 11 is 0. The number of aromatic nitrogens is 1. The van der Waals surface area contributed by atoms with Crippen molar-refractivity contribution in [3.8, 4) is 0 Å². The molecule has 2 amide bonds. The summed E-state index contributed by atoms with van der Waals surface area (Å²) in [6.07, 6.45) is 5.67. The van der Waals surface area contributed by atoms with Crippen molar-refractivity contribution < 1.29 is 19.1 Å². The Morgan fingerprint density at radius 2 is 2.12 bits per heavy atom. The van der Waals surface area contributed by atoms with Crippen LogP contribution in [0.15, 0.2) is 24.5 Å². The topological polar surface area (TPSA) is 80.8 Å². The summed E-state index contributed by atoms with van der Waals surface area (Å²) in [6.45, 7) is 1.63. The standard InChI is InChI=1S/C17H23N3O4/c1-23-16(21)13-4-8-20(11-13)17(22)19-14-5-9-24-15(10-14)12-2-6-18-7-3-12/h2-3,6-7,13-15H,4-5,8-11H2,1H3,(H,19,22)/t13?,14-,15+/m1/s1. The van der Waals surface area contributed by atoms with Crippen molar-refractivity contribution in [2.45, 2.75) is 31.4 Å². The zero-order valence-corrected chi connectivity index (χ0v) is 13.8. The van der Waals surface area contributed by atoms with E-state index in [1.807, 2.05) is 12.1 Å². The molecular weight excluding hydrogens is 310 g/mol. The van der Waals surface area contributed by atoms with E-state index < -0.39 is 0 Å². The van der Waals surface area contributed by atoms with Gasteiger partial charge in [0.15, 0.2) is 0 Å².